The highest BCUT2D eigenvalue weighted by Gasteiger charge is 2.09. The zero-order valence-corrected chi connectivity index (χ0v) is 11.1. The number of anilines is 1. The third-order valence-corrected chi connectivity index (χ3v) is 2.41. The van der Waals surface area contributed by atoms with Gasteiger partial charge in [0.1, 0.15) is 0 Å². The fraction of sp³-hybridized carbons (Fsp3) is 0.667. The Morgan fingerprint density at radius 3 is 2.83 bits per heavy atom. The Labute approximate surface area is 108 Å². The first-order valence-corrected chi connectivity index (χ1v) is 6.20. The van der Waals surface area contributed by atoms with Crippen LogP contribution >= 0.6 is 0 Å². The number of rotatable bonds is 9. The molecule has 0 aliphatic heterocycles. The van der Waals surface area contributed by atoms with Crippen LogP contribution in [0.25, 0.3) is 0 Å². The molecule has 0 aliphatic carbocycles. The van der Waals surface area contributed by atoms with E-state index in [0.29, 0.717) is 25.6 Å². The maximum Gasteiger partial charge on any atom is 0.234 e. The van der Waals surface area contributed by atoms with E-state index in [9.17, 15) is 0 Å². The summed E-state index contributed by atoms with van der Waals surface area (Å²) in [7, 11) is 1.68. The van der Waals surface area contributed by atoms with E-state index in [1.54, 1.807) is 19.5 Å². The monoisotopic (exact) mass is 254 g/mol. The maximum atomic E-state index is 5.54. The molecule has 0 unspecified atom stereocenters. The molecule has 0 aromatic carbocycles. The van der Waals surface area contributed by atoms with Crippen molar-refractivity contribution in [3.05, 3.63) is 12.4 Å². The van der Waals surface area contributed by atoms with Crippen LogP contribution in [-0.2, 0) is 4.74 Å². The third kappa shape index (κ3) is 4.85. The standard InChI is InChI=1S/C12H22N4O2/c1-3-18-12-10-14-9-11(15-12)16(6-4-5-13)7-8-17-2/h9-10H,3-8,13H2,1-2H3. The van der Waals surface area contributed by atoms with Crippen LogP contribution in [0.2, 0.25) is 0 Å². The molecule has 102 valence electrons. The van der Waals surface area contributed by atoms with Crippen molar-refractivity contribution in [1.82, 2.24) is 9.97 Å². The highest BCUT2D eigenvalue weighted by molar-refractivity contribution is 5.37. The number of ether oxygens (including phenoxy) is 2. The Morgan fingerprint density at radius 1 is 1.33 bits per heavy atom. The number of methoxy groups -OCH3 is 1. The molecule has 1 heterocycles. The molecule has 0 saturated carbocycles. The van der Waals surface area contributed by atoms with Gasteiger partial charge in [-0.2, -0.15) is 4.98 Å². The number of nitrogens with zero attached hydrogens (tertiary/aromatic N) is 3. The second-order valence-electron chi connectivity index (χ2n) is 3.77. The average molecular weight is 254 g/mol. The van der Waals surface area contributed by atoms with Crippen LogP contribution in [0.3, 0.4) is 0 Å². The van der Waals surface area contributed by atoms with Crippen LogP contribution in [0.1, 0.15) is 13.3 Å². The lowest BCUT2D eigenvalue weighted by Gasteiger charge is -2.23. The second kappa shape index (κ2) is 8.66. The van der Waals surface area contributed by atoms with Crippen LogP contribution in [0.5, 0.6) is 5.88 Å². The smallest absolute Gasteiger partial charge is 0.234 e. The number of hydrogen-bond donors (Lipinski definition) is 1. The van der Waals surface area contributed by atoms with Gasteiger partial charge in [0.15, 0.2) is 5.82 Å². The first kappa shape index (κ1) is 14.7. The molecule has 1 rings (SSSR count). The molecule has 0 atom stereocenters. The molecule has 0 saturated heterocycles. The SMILES string of the molecule is CCOc1cncc(N(CCCN)CCOC)n1. The molecule has 2 N–H and O–H groups in total. The van der Waals surface area contributed by atoms with Crippen molar-refractivity contribution in [3.8, 4) is 5.88 Å². The van der Waals surface area contributed by atoms with Crippen molar-refractivity contribution >= 4 is 5.82 Å². The van der Waals surface area contributed by atoms with Crippen LogP contribution in [0.15, 0.2) is 12.4 Å². The van der Waals surface area contributed by atoms with Crippen molar-refractivity contribution in [3.63, 3.8) is 0 Å². The average Bonchev–Trinajstić information content (AvgIpc) is 2.40. The van der Waals surface area contributed by atoms with E-state index in [1.165, 1.54) is 0 Å². The molecule has 18 heavy (non-hydrogen) atoms. The van der Waals surface area contributed by atoms with Gasteiger partial charge in [0.2, 0.25) is 5.88 Å². The van der Waals surface area contributed by atoms with Gasteiger partial charge in [0.25, 0.3) is 0 Å². The maximum absolute atomic E-state index is 5.54. The van der Waals surface area contributed by atoms with Gasteiger partial charge in [-0.25, -0.2) is 0 Å². The van der Waals surface area contributed by atoms with Gasteiger partial charge >= 0.3 is 0 Å². The Kier molecular flexibility index (Phi) is 7.05. The van der Waals surface area contributed by atoms with E-state index in [0.717, 1.165) is 25.3 Å². The molecule has 1 aromatic heterocycles. The van der Waals surface area contributed by atoms with E-state index in [4.69, 9.17) is 15.2 Å². The van der Waals surface area contributed by atoms with Crippen molar-refractivity contribution in [1.29, 1.82) is 0 Å². The third-order valence-electron chi connectivity index (χ3n) is 2.41. The summed E-state index contributed by atoms with van der Waals surface area (Å²) in [4.78, 5) is 10.7. The Balaban J connectivity index is 2.72. The zero-order valence-electron chi connectivity index (χ0n) is 11.1. The lowest BCUT2D eigenvalue weighted by atomic mass is 10.3. The van der Waals surface area contributed by atoms with Crippen LogP contribution in [0.4, 0.5) is 5.82 Å². The largest absolute Gasteiger partial charge is 0.477 e. The Morgan fingerprint density at radius 2 is 2.17 bits per heavy atom. The second-order valence-corrected chi connectivity index (χ2v) is 3.77. The lowest BCUT2D eigenvalue weighted by molar-refractivity contribution is 0.205. The zero-order chi connectivity index (χ0) is 13.2. The predicted octanol–water partition coefficient (Wildman–Crippen LogP) is 0.677. The van der Waals surface area contributed by atoms with Crippen LogP contribution in [-0.4, -0.2) is 49.9 Å². The van der Waals surface area contributed by atoms with Gasteiger partial charge < -0.3 is 20.1 Å². The fourth-order valence-corrected chi connectivity index (χ4v) is 1.53. The number of nitrogens with two attached hydrogens (primary N) is 1. The molecular formula is C12H22N4O2. The minimum atomic E-state index is 0.546. The summed E-state index contributed by atoms with van der Waals surface area (Å²) in [5, 5.41) is 0. The van der Waals surface area contributed by atoms with Gasteiger partial charge in [0, 0.05) is 20.2 Å². The van der Waals surface area contributed by atoms with Crippen LogP contribution in [0, 0.1) is 0 Å². The minimum absolute atomic E-state index is 0.546. The summed E-state index contributed by atoms with van der Waals surface area (Å²) in [6.07, 6.45) is 4.25. The normalized spacial score (nSPS) is 10.4. The van der Waals surface area contributed by atoms with E-state index in [1.807, 2.05) is 6.92 Å². The summed E-state index contributed by atoms with van der Waals surface area (Å²) in [6.45, 7) is 5.41. The summed E-state index contributed by atoms with van der Waals surface area (Å²) in [5.74, 6) is 1.34. The van der Waals surface area contributed by atoms with Crippen molar-refractivity contribution < 1.29 is 9.47 Å². The first-order valence-electron chi connectivity index (χ1n) is 6.20. The Bertz CT molecular complexity index is 328. The molecule has 0 bridgehead atoms. The van der Waals surface area contributed by atoms with Gasteiger partial charge in [-0.15, -0.1) is 0 Å². The molecule has 0 spiro atoms. The molecule has 0 amide bonds. The van der Waals surface area contributed by atoms with Crippen molar-refractivity contribution in [2.45, 2.75) is 13.3 Å². The summed E-state index contributed by atoms with van der Waals surface area (Å²) in [5.41, 5.74) is 5.54. The van der Waals surface area contributed by atoms with Gasteiger partial charge in [0.05, 0.1) is 25.6 Å². The topological polar surface area (TPSA) is 73.5 Å². The number of aromatic nitrogens is 2. The minimum Gasteiger partial charge on any atom is -0.477 e. The molecular weight excluding hydrogens is 232 g/mol. The predicted molar refractivity (Wildman–Crippen MR) is 71.0 cm³/mol. The van der Waals surface area contributed by atoms with E-state index >= 15 is 0 Å². The number of hydrogen-bond acceptors (Lipinski definition) is 6. The lowest BCUT2D eigenvalue weighted by Crippen LogP contribution is -2.30. The van der Waals surface area contributed by atoms with E-state index < -0.39 is 0 Å². The van der Waals surface area contributed by atoms with Gasteiger partial charge in [-0.3, -0.25) is 4.98 Å². The molecule has 0 radical (unpaired) electrons. The molecule has 1 aromatic rings. The van der Waals surface area contributed by atoms with E-state index in [-0.39, 0.29) is 0 Å². The molecule has 0 aliphatic rings. The first-order chi connectivity index (χ1) is 8.81. The summed E-state index contributed by atoms with van der Waals surface area (Å²) >= 11 is 0. The summed E-state index contributed by atoms with van der Waals surface area (Å²) < 4.78 is 10.4. The quantitative estimate of drug-likeness (QED) is 0.698. The van der Waals surface area contributed by atoms with Gasteiger partial charge in [-0.05, 0) is 19.9 Å². The van der Waals surface area contributed by atoms with E-state index in [2.05, 4.69) is 14.9 Å². The fourth-order valence-electron chi connectivity index (χ4n) is 1.53. The highest BCUT2D eigenvalue weighted by atomic mass is 16.5. The molecule has 6 nitrogen and oxygen atoms in total. The van der Waals surface area contributed by atoms with Crippen molar-refractivity contribution in [2.24, 2.45) is 5.73 Å². The van der Waals surface area contributed by atoms with Gasteiger partial charge in [-0.1, -0.05) is 0 Å². The van der Waals surface area contributed by atoms with Crippen molar-refractivity contribution in [2.75, 3.05) is 44.9 Å². The van der Waals surface area contributed by atoms with Crippen LogP contribution < -0.4 is 15.4 Å². The highest BCUT2D eigenvalue weighted by Crippen LogP contribution is 2.14. The molecule has 0 fully saturated rings. The Hall–Kier alpha value is -1.40. The molecule has 6 heteroatoms. The summed E-state index contributed by atoms with van der Waals surface area (Å²) in [6, 6.07) is 0.